The van der Waals surface area contributed by atoms with Crippen molar-refractivity contribution in [2.75, 3.05) is 39.5 Å². The molecule has 2 fully saturated rings. The summed E-state index contributed by atoms with van der Waals surface area (Å²) < 4.78 is 16.7. The number of amides is 3. The minimum absolute atomic E-state index is 0.151. The SMILES string of the molecule is C[C@H](NC(=O)CN1CCOCC1)C(=O)NC(Cc1ccc(OC(C)(C)C)cc1)C(=O)N[C@@H](Cc1ccccc1)C(=O)[C@@]1(C)CO1. The van der Waals surface area contributed by atoms with E-state index in [1.165, 1.54) is 0 Å². The molecule has 3 N–H and O–H groups in total. The number of ether oxygens (including phenoxy) is 3. The number of carbonyl (C=O) groups is 4. The third-order valence-corrected chi connectivity index (χ3v) is 7.68. The average Bonchev–Trinajstić information content (AvgIpc) is 3.75. The van der Waals surface area contributed by atoms with Gasteiger partial charge in [-0.05, 0) is 64.3 Å². The number of Topliss-reactive ketones (excluding diaryl/α,β-unsaturated/α-hetero) is 1. The Morgan fingerprint density at radius 2 is 1.44 bits per heavy atom. The Labute approximate surface area is 265 Å². The highest BCUT2D eigenvalue weighted by Gasteiger charge is 2.50. The van der Waals surface area contributed by atoms with E-state index >= 15 is 0 Å². The number of hydrogen-bond acceptors (Lipinski definition) is 8. The zero-order valence-corrected chi connectivity index (χ0v) is 26.9. The molecule has 0 aliphatic carbocycles. The smallest absolute Gasteiger partial charge is 0.243 e. The van der Waals surface area contributed by atoms with E-state index in [1.807, 2.05) is 80.3 Å². The lowest BCUT2D eigenvalue weighted by Gasteiger charge is -2.27. The summed E-state index contributed by atoms with van der Waals surface area (Å²) in [6.45, 7) is 12.0. The number of nitrogens with zero attached hydrogens (tertiary/aromatic N) is 1. The van der Waals surface area contributed by atoms with Crippen LogP contribution in [-0.4, -0.2) is 97.2 Å². The first-order chi connectivity index (χ1) is 21.3. The molecule has 45 heavy (non-hydrogen) atoms. The van der Waals surface area contributed by atoms with Crippen molar-refractivity contribution >= 4 is 23.5 Å². The van der Waals surface area contributed by atoms with Gasteiger partial charge in [0.1, 0.15) is 29.0 Å². The molecule has 2 aliphatic rings. The summed E-state index contributed by atoms with van der Waals surface area (Å²) in [6.07, 6.45) is 0.430. The minimum Gasteiger partial charge on any atom is -0.488 e. The van der Waals surface area contributed by atoms with Crippen molar-refractivity contribution in [1.29, 1.82) is 0 Å². The van der Waals surface area contributed by atoms with Crippen LogP contribution >= 0.6 is 0 Å². The van der Waals surface area contributed by atoms with E-state index in [2.05, 4.69) is 16.0 Å². The molecule has 0 radical (unpaired) electrons. The molecule has 11 nitrogen and oxygen atoms in total. The number of morpholine rings is 1. The van der Waals surface area contributed by atoms with E-state index in [-0.39, 0.29) is 43.3 Å². The van der Waals surface area contributed by atoms with Gasteiger partial charge in [-0.2, -0.15) is 0 Å². The van der Waals surface area contributed by atoms with Gasteiger partial charge < -0.3 is 30.2 Å². The van der Waals surface area contributed by atoms with E-state index in [0.717, 1.165) is 11.1 Å². The highest BCUT2D eigenvalue weighted by Crippen LogP contribution is 2.29. The van der Waals surface area contributed by atoms with Crippen molar-refractivity contribution in [3.8, 4) is 5.75 Å². The fourth-order valence-corrected chi connectivity index (χ4v) is 5.05. The lowest BCUT2D eigenvalue weighted by molar-refractivity contribution is -0.134. The first kappa shape index (κ1) is 34.1. The van der Waals surface area contributed by atoms with Crippen LogP contribution in [0.5, 0.6) is 5.75 Å². The third-order valence-electron chi connectivity index (χ3n) is 7.68. The molecular formula is C34H46N4O7. The summed E-state index contributed by atoms with van der Waals surface area (Å²) >= 11 is 0. The maximum absolute atomic E-state index is 13.8. The first-order valence-electron chi connectivity index (χ1n) is 15.5. The van der Waals surface area contributed by atoms with Gasteiger partial charge in [0.25, 0.3) is 0 Å². The number of ketones is 1. The predicted octanol–water partition coefficient (Wildman–Crippen LogP) is 1.81. The zero-order chi connectivity index (χ0) is 32.6. The van der Waals surface area contributed by atoms with Crippen LogP contribution in [-0.2, 0) is 41.5 Å². The Bertz CT molecular complexity index is 1320. The summed E-state index contributed by atoms with van der Waals surface area (Å²) in [5.41, 5.74) is 0.340. The molecule has 2 heterocycles. The van der Waals surface area contributed by atoms with Crippen molar-refractivity contribution in [2.24, 2.45) is 0 Å². The fraction of sp³-hybridized carbons (Fsp3) is 0.529. The molecule has 0 saturated carbocycles. The molecule has 0 bridgehead atoms. The van der Waals surface area contributed by atoms with Crippen LogP contribution < -0.4 is 20.7 Å². The fourth-order valence-electron chi connectivity index (χ4n) is 5.05. The standard InChI is InChI=1S/C34H46N4O7/c1-23(35-29(39)21-38-15-17-43-18-16-38)31(41)37-28(20-25-11-13-26(14-12-25)45-33(2,3)4)32(42)36-27(30(40)34(5)22-44-34)19-24-9-7-6-8-10-24/h6-14,23,27-28H,15-22H2,1-5H3,(H,35,39)(H,36,42)(H,37,41)/t23-,27-,28?,34+/m0/s1. The van der Waals surface area contributed by atoms with Gasteiger partial charge >= 0.3 is 0 Å². The van der Waals surface area contributed by atoms with E-state index in [1.54, 1.807) is 13.8 Å². The molecule has 11 heteroatoms. The van der Waals surface area contributed by atoms with E-state index < -0.39 is 35.5 Å². The Morgan fingerprint density at radius 3 is 2.04 bits per heavy atom. The van der Waals surface area contributed by atoms with Crippen molar-refractivity contribution in [3.63, 3.8) is 0 Å². The molecule has 244 valence electrons. The molecule has 2 aromatic rings. The molecule has 0 aromatic heterocycles. The van der Waals surface area contributed by atoms with Gasteiger partial charge in [0.15, 0.2) is 5.78 Å². The van der Waals surface area contributed by atoms with Crippen LogP contribution in [0.4, 0.5) is 0 Å². The predicted molar refractivity (Wildman–Crippen MR) is 169 cm³/mol. The van der Waals surface area contributed by atoms with Gasteiger partial charge in [-0.15, -0.1) is 0 Å². The van der Waals surface area contributed by atoms with Gasteiger partial charge in [0.05, 0.1) is 32.4 Å². The number of carbonyl (C=O) groups excluding carboxylic acids is 4. The van der Waals surface area contributed by atoms with Crippen molar-refractivity contribution in [3.05, 3.63) is 65.7 Å². The third kappa shape index (κ3) is 10.7. The first-order valence-corrected chi connectivity index (χ1v) is 15.5. The summed E-state index contributed by atoms with van der Waals surface area (Å²) in [7, 11) is 0. The van der Waals surface area contributed by atoms with Crippen molar-refractivity contribution in [2.45, 2.75) is 76.8 Å². The van der Waals surface area contributed by atoms with Gasteiger partial charge in [-0.3, -0.25) is 24.1 Å². The summed E-state index contributed by atoms with van der Waals surface area (Å²) in [5, 5.41) is 8.45. The normalized spacial score (nSPS) is 20.3. The topological polar surface area (TPSA) is 139 Å². The molecule has 4 atom stereocenters. The lowest BCUT2D eigenvalue weighted by Crippen LogP contribution is -2.57. The highest BCUT2D eigenvalue weighted by atomic mass is 16.6. The maximum Gasteiger partial charge on any atom is 0.243 e. The largest absolute Gasteiger partial charge is 0.488 e. The number of nitrogens with one attached hydrogen (secondary N) is 3. The number of benzene rings is 2. The number of hydrogen-bond donors (Lipinski definition) is 3. The van der Waals surface area contributed by atoms with Crippen LogP contribution in [0.1, 0.15) is 45.7 Å². The molecule has 2 saturated heterocycles. The van der Waals surface area contributed by atoms with Gasteiger partial charge in [0, 0.05) is 19.5 Å². The molecule has 2 aliphatic heterocycles. The highest BCUT2D eigenvalue weighted by molar-refractivity contribution is 5.98. The van der Waals surface area contributed by atoms with E-state index in [9.17, 15) is 19.2 Å². The molecule has 2 aromatic carbocycles. The Morgan fingerprint density at radius 1 is 0.867 bits per heavy atom. The molecule has 1 unspecified atom stereocenters. The summed E-state index contributed by atoms with van der Waals surface area (Å²) in [5.74, 6) is -0.859. The molecule has 4 rings (SSSR count). The Balaban J connectivity index is 1.48. The van der Waals surface area contributed by atoms with Crippen LogP contribution in [0.15, 0.2) is 54.6 Å². The van der Waals surface area contributed by atoms with Crippen LogP contribution in [0.25, 0.3) is 0 Å². The second-order valence-electron chi connectivity index (χ2n) is 12.9. The number of epoxide rings is 1. The zero-order valence-electron chi connectivity index (χ0n) is 26.9. The Hall–Kier alpha value is -3.80. The maximum atomic E-state index is 13.8. The van der Waals surface area contributed by atoms with Crippen molar-refractivity contribution < 1.29 is 33.4 Å². The minimum atomic E-state index is -1.02. The second kappa shape index (κ2) is 15.0. The summed E-state index contributed by atoms with van der Waals surface area (Å²) in [6, 6.07) is 14.0. The van der Waals surface area contributed by atoms with Crippen LogP contribution in [0.2, 0.25) is 0 Å². The second-order valence-corrected chi connectivity index (χ2v) is 12.9. The summed E-state index contributed by atoms with van der Waals surface area (Å²) in [4.78, 5) is 55.2. The van der Waals surface area contributed by atoms with Gasteiger partial charge in [-0.25, -0.2) is 0 Å². The molecular weight excluding hydrogens is 576 g/mol. The van der Waals surface area contributed by atoms with E-state index in [0.29, 0.717) is 32.1 Å². The molecule has 0 spiro atoms. The van der Waals surface area contributed by atoms with E-state index in [4.69, 9.17) is 14.2 Å². The van der Waals surface area contributed by atoms with Crippen LogP contribution in [0, 0.1) is 0 Å². The monoisotopic (exact) mass is 622 g/mol. The lowest BCUT2D eigenvalue weighted by atomic mass is 9.94. The molecule has 3 amide bonds. The Kier molecular flexibility index (Phi) is 11.4. The average molecular weight is 623 g/mol. The van der Waals surface area contributed by atoms with Crippen LogP contribution in [0.3, 0.4) is 0 Å². The number of rotatable bonds is 14. The van der Waals surface area contributed by atoms with Gasteiger partial charge in [-0.1, -0.05) is 42.5 Å². The van der Waals surface area contributed by atoms with Crippen molar-refractivity contribution in [1.82, 2.24) is 20.9 Å². The van der Waals surface area contributed by atoms with Gasteiger partial charge in [0.2, 0.25) is 17.7 Å². The quantitative estimate of drug-likeness (QED) is 0.271.